The molecule has 0 bridgehead atoms. The molecule has 27 heavy (non-hydrogen) atoms. The van der Waals surface area contributed by atoms with Gasteiger partial charge in [0.2, 0.25) is 15.9 Å². The van der Waals surface area contributed by atoms with Gasteiger partial charge >= 0.3 is 0 Å². The van der Waals surface area contributed by atoms with E-state index >= 15 is 0 Å². The molecule has 0 fully saturated rings. The number of carbonyl (C=O) groups is 1. The maximum atomic E-state index is 12.6. The van der Waals surface area contributed by atoms with E-state index in [-0.39, 0.29) is 10.8 Å². The Morgan fingerprint density at radius 2 is 1.78 bits per heavy atom. The highest BCUT2D eigenvalue weighted by molar-refractivity contribution is 7.89. The molecule has 1 atom stereocenters. The van der Waals surface area contributed by atoms with Crippen LogP contribution in [0.2, 0.25) is 0 Å². The second-order valence-electron chi connectivity index (χ2n) is 5.83. The summed E-state index contributed by atoms with van der Waals surface area (Å²) in [6, 6.07) is 8.80. The minimum atomic E-state index is -3.77. The highest BCUT2D eigenvalue weighted by atomic mass is 32.2. The van der Waals surface area contributed by atoms with Crippen LogP contribution < -0.4 is 10.0 Å². The lowest BCUT2D eigenvalue weighted by Crippen LogP contribution is -2.27. The first-order chi connectivity index (χ1) is 12.8. The van der Waals surface area contributed by atoms with Crippen molar-refractivity contribution in [3.8, 4) is 11.4 Å². The van der Waals surface area contributed by atoms with Crippen molar-refractivity contribution >= 4 is 21.6 Å². The Morgan fingerprint density at radius 3 is 2.41 bits per heavy atom. The van der Waals surface area contributed by atoms with Crippen LogP contribution in [0.25, 0.3) is 11.4 Å². The fourth-order valence-corrected chi connectivity index (χ4v) is 3.58. The van der Waals surface area contributed by atoms with E-state index in [1.54, 1.807) is 31.5 Å². The van der Waals surface area contributed by atoms with Crippen LogP contribution in [0.4, 0.5) is 5.69 Å². The Kier molecular flexibility index (Phi) is 5.28. The number of benzene rings is 1. The Labute approximate surface area is 156 Å². The molecule has 1 aromatic carbocycles. The number of nitrogens with one attached hydrogen (secondary N) is 3. The number of hydrogen-bond acceptors (Lipinski definition) is 6. The second kappa shape index (κ2) is 7.64. The zero-order valence-corrected chi connectivity index (χ0v) is 15.5. The zero-order chi connectivity index (χ0) is 19.4. The summed E-state index contributed by atoms with van der Waals surface area (Å²) in [6.07, 6.45) is 3.25. The lowest BCUT2D eigenvalue weighted by atomic mass is 10.2. The molecular formula is C17H18N6O3S. The van der Waals surface area contributed by atoms with E-state index in [1.165, 1.54) is 31.2 Å². The van der Waals surface area contributed by atoms with Gasteiger partial charge in [-0.15, -0.1) is 0 Å². The largest absolute Gasteiger partial charge is 0.326 e. The van der Waals surface area contributed by atoms with Crippen LogP contribution in [-0.2, 0) is 14.8 Å². The summed E-state index contributed by atoms with van der Waals surface area (Å²) in [5, 5.41) is 9.45. The van der Waals surface area contributed by atoms with Crippen molar-refractivity contribution in [3.05, 3.63) is 54.6 Å². The van der Waals surface area contributed by atoms with Gasteiger partial charge in [-0.2, -0.15) is 5.10 Å². The van der Waals surface area contributed by atoms with Crippen LogP contribution in [0.1, 0.15) is 25.7 Å². The third-order valence-corrected chi connectivity index (χ3v) is 5.22. The van der Waals surface area contributed by atoms with Crippen molar-refractivity contribution in [2.45, 2.75) is 24.8 Å². The van der Waals surface area contributed by atoms with Crippen molar-refractivity contribution in [1.29, 1.82) is 0 Å². The molecular weight excluding hydrogens is 368 g/mol. The van der Waals surface area contributed by atoms with Gasteiger partial charge in [-0.05, 0) is 43.3 Å². The Morgan fingerprint density at radius 1 is 1.11 bits per heavy atom. The van der Waals surface area contributed by atoms with E-state index in [0.717, 1.165) is 5.56 Å². The monoisotopic (exact) mass is 386 g/mol. The summed E-state index contributed by atoms with van der Waals surface area (Å²) in [5.41, 5.74) is 1.29. The van der Waals surface area contributed by atoms with Gasteiger partial charge in [0.05, 0.1) is 10.9 Å². The van der Waals surface area contributed by atoms with E-state index < -0.39 is 16.1 Å². The van der Waals surface area contributed by atoms with Gasteiger partial charge in [-0.25, -0.2) is 18.1 Å². The number of pyridine rings is 1. The molecule has 3 aromatic rings. The van der Waals surface area contributed by atoms with E-state index in [2.05, 4.69) is 30.2 Å². The number of carbonyl (C=O) groups excluding carboxylic acids is 1. The average molecular weight is 386 g/mol. The minimum absolute atomic E-state index is 0.0809. The molecule has 0 saturated carbocycles. The number of anilines is 1. The van der Waals surface area contributed by atoms with Crippen molar-refractivity contribution in [2.24, 2.45) is 0 Å². The summed E-state index contributed by atoms with van der Waals surface area (Å²) >= 11 is 0. The molecule has 0 saturated heterocycles. The van der Waals surface area contributed by atoms with E-state index in [9.17, 15) is 13.2 Å². The Bertz CT molecular complexity index is 1030. The smallest absolute Gasteiger partial charge is 0.241 e. The summed E-state index contributed by atoms with van der Waals surface area (Å²) in [5.74, 6) is 0.617. The molecule has 140 valence electrons. The van der Waals surface area contributed by atoms with Crippen LogP contribution >= 0.6 is 0 Å². The molecule has 9 nitrogen and oxygen atoms in total. The molecule has 0 radical (unpaired) electrons. The topological polar surface area (TPSA) is 130 Å². The number of sulfonamides is 1. The number of aromatic amines is 1. The third kappa shape index (κ3) is 4.54. The van der Waals surface area contributed by atoms with Crippen LogP contribution in [0.3, 0.4) is 0 Å². The molecule has 0 aliphatic rings. The first-order valence-electron chi connectivity index (χ1n) is 8.08. The Balaban J connectivity index is 1.74. The fraction of sp³-hybridized carbons (Fsp3) is 0.176. The molecule has 2 heterocycles. The summed E-state index contributed by atoms with van der Waals surface area (Å²) in [6.45, 7) is 3.05. The number of amides is 1. The lowest BCUT2D eigenvalue weighted by molar-refractivity contribution is -0.114. The predicted octanol–water partition coefficient (Wildman–Crippen LogP) is 1.86. The average Bonchev–Trinajstić information content (AvgIpc) is 3.12. The summed E-state index contributed by atoms with van der Waals surface area (Å²) < 4.78 is 27.7. The highest BCUT2D eigenvalue weighted by Gasteiger charge is 2.21. The number of aromatic nitrogens is 4. The molecule has 2 aromatic heterocycles. The van der Waals surface area contributed by atoms with Crippen molar-refractivity contribution < 1.29 is 13.2 Å². The van der Waals surface area contributed by atoms with Crippen molar-refractivity contribution in [1.82, 2.24) is 24.9 Å². The first-order valence-corrected chi connectivity index (χ1v) is 9.56. The van der Waals surface area contributed by atoms with Gasteiger partial charge < -0.3 is 5.32 Å². The molecule has 3 rings (SSSR count). The fourth-order valence-electron chi connectivity index (χ4n) is 2.38. The van der Waals surface area contributed by atoms with Crippen LogP contribution in [0.5, 0.6) is 0 Å². The third-order valence-electron chi connectivity index (χ3n) is 3.67. The number of rotatable bonds is 6. The molecule has 0 spiro atoms. The summed E-state index contributed by atoms with van der Waals surface area (Å²) in [7, 11) is -3.77. The summed E-state index contributed by atoms with van der Waals surface area (Å²) in [4.78, 5) is 19.4. The van der Waals surface area contributed by atoms with Crippen LogP contribution in [-0.4, -0.2) is 34.5 Å². The molecule has 1 unspecified atom stereocenters. The maximum Gasteiger partial charge on any atom is 0.241 e. The molecule has 10 heteroatoms. The maximum absolute atomic E-state index is 12.6. The normalized spacial score (nSPS) is 12.5. The van der Waals surface area contributed by atoms with Gasteiger partial charge in [0.15, 0.2) is 5.82 Å². The number of H-pyrrole nitrogens is 1. The van der Waals surface area contributed by atoms with E-state index in [0.29, 0.717) is 17.3 Å². The number of nitrogens with zero attached hydrogens (tertiary/aromatic N) is 3. The highest BCUT2D eigenvalue weighted by Crippen LogP contribution is 2.19. The number of hydrogen-bond donors (Lipinski definition) is 3. The van der Waals surface area contributed by atoms with Gasteiger partial charge in [-0.1, -0.05) is 0 Å². The van der Waals surface area contributed by atoms with Crippen molar-refractivity contribution in [3.63, 3.8) is 0 Å². The van der Waals surface area contributed by atoms with Gasteiger partial charge in [0, 0.05) is 30.6 Å². The molecule has 3 N–H and O–H groups in total. The minimum Gasteiger partial charge on any atom is -0.326 e. The molecule has 0 aliphatic carbocycles. The van der Waals surface area contributed by atoms with Crippen molar-refractivity contribution in [2.75, 3.05) is 5.32 Å². The first kappa shape index (κ1) is 18.7. The SMILES string of the molecule is CC(=O)Nc1ccc(S(=O)(=O)NC(C)c2nc(-c3ccncc3)n[nH]2)cc1. The molecule has 1 amide bonds. The van der Waals surface area contributed by atoms with Crippen LogP contribution in [0.15, 0.2) is 53.7 Å². The van der Waals surface area contributed by atoms with Gasteiger partial charge in [-0.3, -0.25) is 14.9 Å². The Hall–Kier alpha value is -3.11. The second-order valence-corrected chi connectivity index (χ2v) is 7.54. The predicted molar refractivity (Wildman–Crippen MR) is 99.1 cm³/mol. The quantitative estimate of drug-likeness (QED) is 0.593. The van der Waals surface area contributed by atoms with Gasteiger partial charge in [0.1, 0.15) is 5.82 Å². The van der Waals surface area contributed by atoms with E-state index in [4.69, 9.17) is 0 Å². The standard InChI is InChI=1S/C17H18N6O3S/c1-11(16-20-17(22-21-16)13-7-9-18-10-8-13)23-27(25,26)15-5-3-14(4-6-15)19-12(2)24/h3-11,23H,1-2H3,(H,19,24)(H,20,21,22). The van der Waals surface area contributed by atoms with Crippen LogP contribution in [0, 0.1) is 0 Å². The van der Waals surface area contributed by atoms with E-state index in [1.807, 2.05) is 0 Å². The zero-order valence-electron chi connectivity index (χ0n) is 14.7. The molecule has 0 aliphatic heterocycles. The lowest BCUT2D eigenvalue weighted by Gasteiger charge is -2.12. The van der Waals surface area contributed by atoms with Gasteiger partial charge in [0.25, 0.3) is 0 Å².